The normalized spacial score (nSPS) is 12.0. The van der Waals surface area contributed by atoms with Gasteiger partial charge >= 0.3 is 0 Å². The summed E-state index contributed by atoms with van der Waals surface area (Å²) in [7, 11) is 1.60. The molecule has 0 fully saturated rings. The van der Waals surface area contributed by atoms with Crippen LogP contribution in [-0.2, 0) is 0 Å². The largest absolute Gasteiger partial charge is 0.496 e. The molecule has 0 heterocycles. The van der Waals surface area contributed by atoms with E-state index >= 15 is 0 Å². The molecule has 0 aliphatic heterocycles. The van der Waals surface area contributed by atoms with Gasteiger partial charge in [0.05, 0.1) is 13.7 Å². The van der Waals surface area contributed by atoms with Gasteiger partial charge in [-0.2, -0.15) is 0 Å². The van der Waals surface area contributed by atoms with Crippen LogP contribution in [0.3, 0.4) is 0 Å². The molecule has 3 nitrogen and oxygen atoms in total. The summed E-state index contributed by atoms with van der Waals surface area (Å²) < 4.78 is 10.9. The standard InChI is InChI=1S/C17H20O3/c1-4-20-16-10-9-12(2)11-14(16)17(18)13-7-5-6-8-15(13)19-3/h5-11,17-18H,4H2,1-3H3. The number of hydrogen-bond donors (Lipinski definition) is 1. The Morgan fingerprint density at radius 3 is 2.50 bits per heavy atom. The van der Waals surface area contributed by atoms with E-state index in [4.69, 9.17) is 9.47 Å². The van der Waals surface area contributed by atoms with Gasteiger partial charge in [-0.1, -0.05) is 29.8 Å². The summed E-state index contributed by atoms with van der Waals surface area (Å²) in [6, 6.07) is 13.3. The fourth-order valence-electron chi connectivity index (χ4n) is 2.23. The monoisotopic (exact) mass is 272 g/mol. The van der Waals surface area contributed by atoms with E-state index in [1.165, 1.54) is 0 Å². The van der Waals surface area contributed by atoms with Crippen molar-refractivity contribution in [2.45, 2.75) is 20.0 Å². The van der Waals surface area contributed by atoms with Gasteiger partial charge in [0.2, 0.25) is 0 Å². The summed E-state index contributed by atoms with van der Waals surface area (Å²) in [5, 5.41) is 10.7. The van der Waals surface area contributed by atoms with Crippen LogP contribution in [0.2, 0.25) is 0 Å². The number of methoxy groups -OCH3 is 1. The van der Waals surface area contributed by atoms with E-state index in [1.54, 1.807) is 7.11 Å². The van der Waals surface area contributed by atoms with E-state index in [1.807, 2.05) is 56.3 Å². The molecule has 1 unspecified atom stereocenters. The first-order chi connectivity index (χ1) is 9.67. The van der Waals surface area contributed by atoms with Crippen molar-refractivity contribution in [1.29, 1.82) is 0 Å². The van der Waals surface area contributed by atoms with Gasteiger partial charge in [0.25, 0.3) is 0 Å². The van der Waals surface area contributed by atoms with Gasteiger partial charge in [0.15, 0.2) is 0 Å². The van der Waals surface area contributed by atoms with E-state index in [-0.39, 0.29) is 0 Å². The SMILES string of the molecule is CCOc1ccc(C)cc1C(O)c1ccccc1OC. The second-order valence-corrected chi connectivity index (χ2v) is 4.62. The third-order valence-corrected chi connectivity index (χ3v) is 3.19. The van der Waals surface area contributed by atoms with Crippen molar-refractivity contribution in [3.63, 3.8) is 0 Å². The molecule has 1 N–H and O–H groups in total. The van der Waals surface area contributed by atoms with Crippen molar-refractivity contribution < 1.29 is 14.6 Å². The highest BCUT2D eigenvalue weighted by molar-refractivity contribution is 5.46. The molecule has 2 rings (SSSR count). The predicted molar refractivity (Wildman–Crippen MR) is 79.4 cm³/mol. The summed E-state index contributed by atoms with van der Waals surface area (Å²) >= 11 is 0. The Balaban J connectivity index is 2.46. The predicted octanol–water partition coefficient (Wildman–Crippen LogP) is 3.48. The summed E-state index contributed by atoms with van der Waals surface area (Å²) in [6.45, 7) is 4.49. The zero-order valence-corrected chi connectivity index (χ0v) is 12.1. The summed E-state index contributed by atoms with van der Waals surface area (Å²) in [6.07, 6.45) is -0.771. The molecule has 1 atom stereocenters. The molecular weight excluding hydrogens is 252 g/mol. The molecule has 0 saturated heterocycles. The number of hydrogen-bond acceptors (Lipinski definition) is 3. The molecule has 106 valence electrons. The Morgan fingerprint density at radius 2 is 1.80 bits per heavy atom. The number of aliphatic hydroxyl groups excluding tert-OH is 1. The molecule has 3 heteroatoms. The van der Waals surface area contributed by atoms with Crippen LogP contribution >= 0.6 is 0 Å². The van der Waals surface area contributed by atoms with Crippen molar-refractivity contribution in [2.75, 3.05) is 13.7 Å². The zero-order chi connectivity index (χ0) is 14.5. The molecule has 0 amide bonds. The number of aryl methyl sites for hydroxylation is 1. The van der Waals surface area contributed by atoms with E-state index < -0.39 is 6.10 Å². The molecule has 2 aromatic carbocycles. The van der Waals surface area contributed by atoms with Crippen molar-refractivity contribution in [1.82, 2.24) is 0 Å². The van der Waals surface area contributed by atoms with Crippen LogP contribution in [0.15, 0.2) is 42.5 Å². The molecule has 0 radical (unpaired) electrons. The quantitative estimate of drug-likeness (QED) is 0.905. The molecule has 0 aliphatic rings. The van der Waals surface area contributed by atoms with Crippen LogP contribution in [0.4, 0.5) is 0 Å². The third kappa shape index (κ3) is 2.94. The Labute approximate surface area is 119 Å². The second kappa shape index (κ2) is 6.44. The summed E-state index contributed by atoms with van der Waals surface area (Å²) in [4.78, 5) is 0. The molecule has 0 aromatic heterocycles. The third-order valence-electron chi connectivity index (χ3n) is 3.19. The highest BCUT2D eigenvalue weighted by Crippen LogP contribution is 2.35. The lowest BCUT2D eigenvalue weighted by Crippen LogP contribution is -2.06. The molecular formula is C17H20O3. The molecule has 0 saturated carbocycles. The summed E-state index contributed by atoms with van der Waals surface area (Å²) in [5.74, 6) is 1.38. The first-order valence-corrected chi connectivity index (χ1v) is 6.71. The van der Waals surface area contributed by atoms with Crippen molar-refractivity contribution >= 4 is 0 Å². The maximum absolute atomic E-state index is 10.7. The first-order valence-electron chi connectivity index (χ1n) is 6.71. The van der Waals surface area contributed by atoms with Gasteiger partial charge < -0.3 is 14.6 Å². The van der Waals surface area contributed by atoms with Gasteiger partial charge in [-0.05, 0) is 32.0 Å². The average molecular weight is 272 g/mol. The minimum Gasteiger partial charge on any atom is -0.496 e. The van der Waals surface area contributed by atoms with Crippen LogP contribution in [0, 0.1) is 6.92 Å². The second-order valence-electron chi connectivity index (χ2n) is 4.62. The highest BCUT2D eigenvalue weighted by Gasteiger charge is 2.19. The van der Waals surface area contributed by atoms with Gasteiger partial charge in [-0.3, -0.25) is 0 Å². The molecule has 0 spiro atoms. The van der Waals surface area contributed by atoms with E-state index in [9.17, 15) is 5.11 Å². The van der Waals surface area contributed by atoms with Crippen molar-refractivity contribution in [2.24, 2.45) is 0 Å². The molecule has 20 heavy (non-hydrogen) atoms. The van der Waals surface area contributed by atoms with Crippen molar-refractivity contribution in [3.8, 4) is 11.5 Å². The zero-order valence-electron chi connectivity index (χ0n) is 12.1. The number of aliphatic hydroxyl groups is 1. The summed E-state index contributed by atoms with van der Waals surface area (Å²) in [5.41, 5.74) is 2.58. The Bertz CT molecular complexity index is 578. The fraction of sp³-hybridized carbons (Fsp3) is 0.294. The maximum Gasteiger partial charge on any atom is 0.125 e. The molecule has 0 aliphatic carbocycles. The Hall–Kier alpha value is -2.00. The number of benzene rings is 2. The number of rotatable bonds is 5. The van der Waals surface area contributed by atoms with Gasteiger partial charge in [0.1, 0.15) is 17.6 Å². The highest BCUT2D eigenvalue weighted by atomic mass is 16.5. The van der Waals surface area contributed by atoms with Crippen molar-refractivity contribution in [3.05, 3.63) is 59.2 Å². The van der Waals surface area contributed by atoms with Crippen LogP contribution in [-0.4, -0.2) is 18.8 Å². The van der Waals surface area contributed by atoms with Gasteiger partial charge in [-0.15, -0.1) is 0 Å². The van der Waals surface area contributed by atoms with E-state index in [0.29, 0.717) is 18.1 Å². The van der Waals surface area contributed by atoms with Crippen LogP contribution in [0.5, 0.6) is 11.5 Å². The smallest absolute Gasteiger partial charge is 0.125 e. The topological polar surface area (TPSA) is 38.7 Å². The number of para-hydroxylation sites is 1. The lowest BCUT2D eigenvalue weighted by Gasteiger charge is -2.18. The fourth-order valence-corrected chi connectivity index (χ4v) is 2.23. The number of ether oxygens (including phenoxy) is 2. The van der Waals surface area contributed by atoms with Gasteiger partial charge in [0, 0.05) is 11.1 Å². The van der Waals surface area contributed by atoms with Gasteiger partial charge in [-0.25, -0.2) is 0 Å². The maximum atomic E-state index is 10.7. The van der Waals surface area contributed by atoms with E-state index in [2.05, 4.69) is 0 Å². The van der Waals surface area contributed by atoms with Crippen LogP contribution in [0.25, 0.3) is 0 Å². The first kappa shape index (κ1) is 14.4. The molecule has 0 bridgehead atoms. The minimum absolute atomic E-state index is 0.564. The lowest BCUT2D eigenvalue weighted by molar-refractivity contribution is 0.207. The lowest BCUT2D eigenvalue weighted by atomic mass is 9.98. The van der Waals surface area contributed by atoms with E-state index in [0.717, 1.165) is 16.7 Å². The minimum atomic E-state index is -0.771. The Morgan fingerprint density at radius 1 is 1.05 bits per heavy atom. The molecule has 2 aromatic rings. The van der Waals surface area contributed by atoms with Crippen LogP contribution < -0.4 is 9.47 Å². The average Bonchev–Trinajstić information content (AvgIpc) is 2.48. The Kier molecular flexibility index (Phi) is 4.64. The van der Waals surface area contributed by atoms with Crippen LogP contribution in [0.1, 0.15) is 29.7 Å².